The van der Waals surface area contributed by atoms with Gasteiger partial charge in [-0.05, 0) is 12.5 Å². The van der Waals surface area contributed by atoms with Crippen molar-refractivity contribution in [1.82, 2.24) is 9.78 Å². The van der Waals surface area contributed by atoms with Gasteiger partial charge in [-0.15, -0.1) is 0 Å². The number of sulfone groups is 1. The van der Waals surface area contributed by atoms with Gasteiger partial charge in [0.05, 0.1) is 23.7 Å². The summed E-state index contributed by atoms with van der Waals surface area (Å²) < 4.78 is 23.9. The molecule has 0 bridgehead atoms. The first-order valence-corrected chi connectivity index (χ1v) is 5.90. The summed E-state index contributed by atoms with van der Waals surface area (Å²) in [5, 5.41) is 3.99. The van der Waals surface area contributed by atoms with Gasteiger partial charge in [0.15, 0.2) is 9.84 Å². The van der Waals surface area contributed by atoms with Crippen LogP contribution in [0.1, 0.15) is 12.5 Å². The zero-order valence-corrected chi connectivity index (χ0v) is 7.87. The van der Waals surface area contributed by atoms with E-state index in [-0.39, 0.29) is 17.5 Å². The summed E-state index contributed by atoms with van der Waals surface area (Å²) in [6.07, 6.45) is 2.20. The lowest BCUT2D eigenvalue weighted by molar-refractivity contribution is 0.507. The third kappa shape index (κ3) is 1.53. The van der Waals surface area contributed by atoms with Gasteiger partial charge in [-0.25, -0.2) is 13.1 Å². The number of nitrogens with zero attached hydrogens (tertiary/aromatic N) is 2. The topological polar surface area (TPSA) is 78.0 Å². The Hall–Kier alpha value is -1.04. The minimum absolute atomic E-state index is 0.0694. The normalized spacial score (nSPS) is 26.3. The van der Waals surface area contributed by atoms with Crippen LogP contribution in [0.3, 0.4) is 0 Å². The predicted octanol–water partition coefficient (Wildman–Crippen LogP) is -0.175. The minimum atomic E-state index is -2.85. The molecular formula is C7H11N3O2S. The van der Waals surface area contributed by atoms with E-state index < -0.39 is 9.84 Å². The highest BCUT2D eigenvalue weighted by molar-refractivity contribution is 7.91. The van der Waals surface area contributed by atoms with Gasteiger partial charge in [-0.3, -0.25) is 0 Å². The quantitative estimate of drug-likeness (QED) is 0.684. The van der Waals surface area contributed by atoms with Crippen LogP contribution in [0.4, 0.5) is 5.82 Å². The Labute approximate surface area is 76.5 Å². The fourth-order valence-electron chi connectivity index (χ4n) is 1.60. The molecule has 13 heavy (non-hydrogen) atoms. The van der Waals surface area contributed by atoms with E-state index in [1.807, 2.05) is 0 Å². The Morgan fingerprint density at radius 2 is 2.38 bits per heavy atom. The van der Waals surface area contributed by atoms with Crippen LogP contribution in [0.2, 0.25) is 0 Å². The molecule has 6 heteroatoms. The number of hydrogen-bond acceptors (Lipinski definition) is 4. The summed E-state index contributed by atoms with van der Waals surface area (Å²) in [6, 6.07) is 1.60. The average Bonchev–Trinajstić information content (AvgIpc) is 2.56. The molecule has 72 valence electrons. The van der Waals surface area contributed by atoms with Gasteiger partial charge < -0.3 is 5.73 Å². The highest BCUT2D eigenvalue weighted by Crippen LogP contribution is 2.24. The Morgan fingerprint density at radius 1 is 1.62 bits per heavy atom. The van der Waals surface area contributed by atoms with Crippen molar-refractivity contribution in [3.8, 4) is 0 Å². The monoisotopic (exact) mass is 201 g/mol. The number of nitrogens with two attached hydrogens (primary N) is 1. The van der Waals surface area contributed by atoms with E-state index in [0.717, 1.165) is 0 Å². The molecule has 1 aromatic heterocycles. The first-order chi connectivity index (χ1) is 6.08. The van der Waals surface area contributed by atoms with E-state index >= 15 is 0 Å². The van der Waals surface area contributed by atoms with Crippen molar-refractivity contribution in [1.29, 1.82) is 0 Å². The summed E-state index contributed by atoms with van der Waals surface area (Å²) in [5.41, 5.74) is 5.61. The zero-order valence-electron chi connectivity index (χ0n) is 7.05. The molecule has 1 aliphatic rings. The van der Waals surface area contributed by atoms with Crippen molar-refractivity contribution in [3.63, 3.8) is 0 Å². The van der Waals surface area contributed by atoms with Crippen LogP contribution in [-0.4, -0.2) is 29.7 Å². The van der Waals surface area contributed by atoms with Gasteiger partial charge >= 0.3 is 0 Å². The Kier molecular flexibility index (Phi) is 1.80. The first kappa shape index (κ1) is 8.55. The molecule has 1 fully saturated rings. The van der Waals surface area contributed by atoms with Crippen LogP contribution >= 0.6 is 0 Å². The maximum atomic E-state index is 11.2. The molecule has 2 N–H and O–H groups in total. The van der Waals surface area contributed by atoms with Gasteiger partial charge in [0, 0.05) is 0 Å². The molecule has 1 saturated heterocycles. The van der Waals surface area contributed by atoms with Crippen molar-refractivity contribution in [2.75, 3.05) is 17.2 Å². The third-order valence-corrected chi connectivity index (χ3v) is 4.01. The molecule has 0 amide bonds. The maximum Gasteiger partial charge on any atom is 0.152 e. The van der Waals surface area contributed by atoms with E-state index in [4.69, 9.17) is 5.73 Å². The lowest BCUT2D eigenvalue weighted by Gasteiger charge is -2.09. The van der Waals surface area contributed by atoms with Gasteiger partial charge in [-0.1, -0.05) is 0 Å². The second kappa shape index (κ2) is 2.73. The van der Waals surface area contributed by atoms with Crippen molar-refractivity contribution < 1.29 is 8.42 Å². The molecule has 0 unspecified atom stereocenters. The number of rotatable bonds is 1. The maximum absolute atomic E-state index is 11.2. The van der Waals surface area contributed by atoms with Crippen molar-refractivity contribution in [3.05, 3.63) is 12.3 Å². The lowest BCUT2D eigenvalue weighted by Crippen LogP contribution is -2.14. The number of nitrogen functional groups attached to an aromatic ring is 1. The van der Waals surface area contributed by atoms with Crippen LogP contribution in [-0.2, 0) is 9.84 Å². The molecule has 0 radical (unpaired) electrons. The molecule has 2 rings (SSSR count). The summed E-state index contributed by atoms with van der Waals surface area (Å²) in [5.74, 6) is 0.942. The van der Waals surface area contributed by atoms with Crippen LogP contribution in [0.5, 0.6) is 0 Å². The van der Waals surface area contributed by atoms with Gasteiger partial charge in [0.25, 0.3) is 0 Å². The molecular weight excluding hydrogens is 190 g/mol. The number of aromatic nitrogens is 2. The van der Waals surface area contributed by atoms with Crippen molar-refractivity contribution in [2.24, 2.45) is 0 Å². The van der Waals surface area contributed by atoms with Crippen molar-refractivity contribution >= 4 is 15.7 Å². The molecule has 0 aliphatic carbocycles. The molecule has 2 heterocycles. The van der Waals surface area contributed by atoms with E-state index in [2.05, 4.69) is 5.10 Å². The average molecular weight is 201 g/mol. The van der Waals surface area contributed by atoms with Gasteiger partial charge in [-0.2, -0.15) is 5.10 Å². The molecule has 0 saturated carbocycles. The standard InChI is InChI=1S/C7H11N3O2S/c8-7-1-3-9-10(7)6-2-4-13(11,12)5-6/h1,3,6H,2,4-5,8H2/t6-/m0/s1. The van der Waals surface area contributed by atoms with Crippen molar-refractivity contribution in [2.45, 2.75) is 12.5 Å². The number of hydrogen-bond donors (Lipinski definition) is 1. The minimum Gasteiger partial charge on any atom is -0.384 e. The fourth-order valence-corrected chi connectivity index (χ4v) is 3.29. The molecule has 0 spiro atoms. The van der Waals surface area contributed by atoms with Crippen LogP contribution in [0, 0.1) is 0 Å². The highest BCUT2D eigenvalue weighted by atomic mass is 32.2. The Balaban J connectivity index is 2.26. The van der Waals surface area contributed by atoms with E-state index in [1.54, 1.807) is 16.9 Å². The second-order valence-corrected chi connectivity index (χ2v) is 5.49. The smallest absolute Gasteiger partial charge is 0.152 e. The van der Waals surface area contributed by atoms with Gasteiger partial charge in [0.1, 0.15) is 5.82 Å². The summed E-state index contributed by atoms with van der Waals surface area (Å²) in [6.45, 7) is 0. The first-order valence-electron chi connectivity index (χ1n) is 4.08. The highest BCUT2D eigenvalue weighted by Gasteiger charge is 2.30. The van der Waals surface area contributed by atoms with E-state index in [9.17, 15) is 8.42 Å². The summed E-state index contributed by atoms with van der Waals surface area (Å²) >= 11 is 0. The molecule has 1 aromatic rings. The lowest BCUT2D eigenvalue weighted by atomic mass is 10.3. The Morgan fingerprint density at radius 3 is 2.85 bits per heavy atom. The van der Waals surface area contributed by atoms with E-state index in [1.165, 1.54) is 0 Å². The summed E-state index contributed by atoms with van der Waals surface area (Å²) in [4.78, 5) is 0. The second-order valence-electron chi connectivity index (χ2n) is 3.26. The van der Waals surface area contributed by atoms with Crippen LogP contribution in [0.15, 0.2) is 12.3 Å². The van der Waals surface area contributed by atoms with Crippen LogP contribution in [0.25, 0.3) is 0 Å². The molecule has 1 atom stereocenters. The summed E-state index contributed by atoms with van der Waals surface area (Å²) in [7, 11) is -2.85. The van der Waals surface area contributed by atoms with E-state index in [0.29, 0.717) is 12.2 Å². The molecule has 0 aromatic carbocycles. The largest absolute Gasteiger partial charge is 0.384 e. The van der Waals surface area contributed by atoms with Crippen LogP contribution < -0.4 is 5.73 Å². The SMILES string of the molecule is Nc1ccnn1[C@H]1CCS(=O)(=O)C1. The predicted molar refractivity (Wildman–Crippen MR) is 48.9 cm³/mol. The third-order valence-electron chi connectivity index (χ3n) is 2.26. The van der Waals surface area contributed by atoms with Gasteiger partial charge in [0.2, 0.25) is 0 Å². The molecule has 5 nitrogen and oxygen atoms in total. The number of anilines is 1. The molecule has 1 aliphatic heterocycles. The fraction of sp³-hybridized carbons (Fsp3) is 0.571. The Bertz CT molecular complexity index is 409. The zero-order chi connectivity index (χ0) is 9.47.